The summed E-state index contributed by atoms with van der Waals surface area (Å²) < 4.78 is 23.5. The maximum absolute atomic E-state index is 12.6. The van der Waals surface area contributed by atoms with Gasteiger partial charge in [0.05, 0.1) is 25.4 Å². The van der Waals surface area contributed by atoms with E-state index in [0.29, 0.717) is 29.8 Å². The molecule has 0 N–H and O–H groups in total. The molecule has 1 heterocycles. The van der Waals surface area contributed by atoms with Gasteiger partial charge in [-0.2, -0.15) is 0 Å². The van der Waals surface area contributed by atoms with E-state index in [1.165, 1.54) is 83.5 Å². The van der Waals surface area contributed by atoms with Gasteiger partial charge in [-0.1, -0.05) is 104 Å². The van der Waals surface area contributed by atoms with Crippen molar-refractivity contribution in [2.75, 3.05) is 19.8 Å². The maximum Gasteiger partial charge on any atom is 0.343 e. The van der Waals surface area contributed by atoms with E-state index >= 15 is 0 Å². The number of carbonyl (C=O) groups is 1. The third kappa shape index (κ3) is 12.0. The summed E-state index contributed by atoms with van der Waals surface area (Å²) in [5, 5.41) is 0. The maximum atomic E-state index is 12.6. The average molecular weight is 553 g/mol. The summed E-state index contributed by atoms with van der Waals surface area (Å²) in [5.41, 5.74) is 1.44. The van der Waals surface area contributed by atoms with E-state index in [9.17, 15) is 4.79 Å². The molecule has 0 bridgehead atoms. The molecule has 2 aromatic rings. The zero-order chi connectivity index (χ0) is 28.4. The van der Waals surface area contributed by atoms with E-state index in [1.54, 1.807) is 24.3 Å². The van der Waals surface area contributed by atoms with Crippen molar-refractivity contribution in [3.05, 3.63) is 59.7 Å². The molecule has 0 unspecified atom stereocenters. The summed E-state index contributed by atoms with van der Waals surface area (Å²) in [6.45, 7) is 8.87. The van der Waals surface area contributed by atoms with Crippen molar-refractivity contribution < 1.29 is 23.7 Å². The van der Waals surface area contributed by atoms with Crippen molar-refractivity contribution in [2.45, 2.75) is 111 Å². The van der Waals surface area contributed by atoms with E-state index in [1.807, 2.05) is 24.3 Å². The largest absolute Gasteiger partial charge is 0.493 e. The molecule has 1 aliphatic heterocycles. The number of carbonyl (C=O) groups excluding carboxylic acids is 1. The van der Waals surface area contributed by atoms with E-state index in [-0.39, 0.29) is 12.3 Å². The Morgan fingerprint density at radius 2 is 1.35 bits per heavy atom. The molecule has 5 heteroatoms. The summed E-state index contributed by atoms with van der Waals surface area (Å²) >= 11 is 0. The molecule has 2 aromatic carbocycles. The topological polar surface area (TPSA) is 54.0 Å². The van der Waals surface area contributed by atoms with Crippen LogP contribution in [-0.4, -0.2) is 25.8 Å². The van der Waals surface area contributed by atoms with Crippen LogP contribution >= 0.6 is 0 Å². The smallest absolute Gasteiger partial charge is 0.343 e. The fourth-order valence-electron chi connectivity index (χ4n) is 5.08. The third-order valence-corrected chi connectivity index (χ3v) is 7.72. The standard InChI is InChI=1S/C35H52O5/c1-4-6-8-10-11-12-14-16-29-26-38-35(39-27-29)31-19-23-33(24-20-31)40-34(36)30-17-21-32(22-18-30)37-25-28(3)15-13-9-7-5-2/h17-24,28-29,35H,4-16,25-27H2,1-3H3/t28-,29?,35?/m0/s1. The van der Waals surface area contributed by atoms with Crippen LogP contribution in [0.5, 0.6) is 11.5 Å². The lowest BCUT2D eigenvalue weighted by atomic mass is 10.0. The molecule has 222 valence electrons. The van der Waals surface area contributed by atoms with Gasteiger partial charge in [0.15, 0.2) is 6.29 Å². The lowest BCUT2D eigenvalue weighted by molar-refractivity contribution is -0.206. The van der Waals surface area contributed by atoms with Gasteiger partial charge >= 0.3 is 5.97 Å². The molecule has 1 fully saturated rings. The third-order valence-electron chi connectivity index (χ3n) is 7.72. The fourth-order valence-corrected chi connectivity index (χ4v) is 5.08. The SMILES string of the molecule is CCCCCCCCCC1COC(c2ccc(OC(=O)c3ccc(OC[C@@H](C)CCCCCC)cc3)cc2)OC1. The van der Waals surface area contributed by atoms with Gasteiger partial charge in [-0.05, 0) is 55.2 Å². The number of ether oxygens (including phenoxy) is 4. The van der Waals surface area contributed by atoms with Crippen LogP contribution in [0.15, 0.2) is 48.5 Å². The van der Waals surface area contributed by atoms with Crippen molar-refractivity contribution in [1.82, 2.24) is 0 Å². The highest BCUT2D eigenvalue weighted by atomic mass is 16.7. The molecule has 3 rings (SSSR count). The van der Waals surface area contributed by atoms with Crippen LogP contribution in [0.4, 0.5) is 0 Å². The first kappa shape index (κ1) is 32.1. The van der Waals surface area contributed by atoms with Gasteiger partial charge in [0.1, 0.15) is 11.5 Å². The van der Waals surface area contributed by atoms with Crippen LogP contribution in [0.2, 0.25) is 0 Å². The summed E-state index contributed by atoms with van der Waals surface area (Å²) in [5.74, 6) is 1.88. The summed E-state index contributed by atoms with van der Waals surface area (Å²) in [7, 11) is 0. The molecule has 40 heavy (non-hydrogen) atoms. The Kier molecular flexibility index (Phi) is 15.2. The van der Waals surface area contributed by atoms with Gasteiger partial charge in [-0.3, -0.25) is 0 Å². The Bertz CT molecular complexity index is 931. The molecular weight excluding hydrogens is 500 g/mol. The Morgan fingerprint density at radius 1 is 0.775 bits per heavy atom. The highest BCUT2D eigenvalue weighted by Gasteiger charge is 2.23. The Balaban J connectivity index is 1.34. The predicted molar refractivity (Wildman–Crippen MR) is 162 cm³/mol. The van der Waals surface area contributed by atoms with Gasteiger partial charge < -0.3 is 18.9 Å². The molecule has 5 nitrogen and oxygen atoms in total. The van der Waals surface area contributed by atoms with Crippen LogP contribution in [0.25, 0.3) is 0 Å². The molecule has 1 atom stereocenters. The van der Waals surface area contributed by atoms with Crippen LogP contribution < -0.4 is 9.47 Å². The number of hydrogen-bond acceptors (Lipinski definition) is 5. The van der Waals surface area contributed by atoms with Crippen LogP contribution in [-0.2, 0) is 9.47 Å². The van der Waals surface area contributed by atoms with Gasteiger partial charge in [-0.15, -0.1) is 0 Å². The molecule has 0 aliphatic carbocycles. The average Bonchev–Trinajstić information content (AvgIpc) is 2.99. The second-order valence-electron chi connectivity index (χ2n) is 11.5. The Labute approximate surface area is 242 Å². The molecule has 1 aliphatic rings. The molecule has 0 aromatic heterocycles. The lowest BCUT2D eigenvalue weighted by Gasteiger charge is -2.29. The minimum absolute atomic E-state index is 0.360. The van der Waals surface area contributed by atoms with Crippen LogP contribution in [0, 0.1) is 11.8 Å². The fraction of sp³-hybridized carbons (Fsp3) is 0.629. The lowest BCUT2D eigenvalue weighted by Crippen LogP contribution is -2.27. The van der Waals surface area contributed by atoms with Gasteiger partial charge in [-0.25, -0.2) is 4.79 Å². The molecule has 0 saturated carbocycles. The molecule has 0 spiro atoms. The Hall–Kier alpha value is -2.37. The first-order chi connectivity index (χ1) is 19.6. The zero-order valence-corrected chi connectivity index (χ0v) is 25.2. The van der Waals surface area contributed by atoms with Gasteiger partial charge in [0.2, 0.25) is 0 Å². The summed E-state index contributed by atoms with van der Waals surface area (Å²) in [4.78, 5) is 12.6. The summed E-state index contributed by atoms with van der Waals surface area (Å²) in [6.07, 6.45) is 16.4. The minimum Gasteiger partial charge on any atom is -0.493 e. The first-order valence-electron chi connectivity index (χ1n) is 15.9. The molecule has 1 saturated heterocycles. The Morgan fingerprint density at radius 3 is 2.00 bits per heavy atom. The highest BCUT2D eigenvalue weighted by molar-refractivity contribution is 5.91. The van der Waals surface area contributed by atoms with Crippen molar-refractivity contribution in [1.29, 1.82) is 0 Å². The van der Waals surface area contributed by atoms with E-state index in [0.717, 1.165) is 24.5 Å². The van der Waals surface area contributed by atoms with E-state index in [2.05, 4.69) is 20.8 Å². The number of unbranched alkanes of at least 4 members (excludes halogenated alkanes) is 9. The van der Waals surface area contributed by atoms with Gasteiger partial charge in [0, 0.05) is 11.5 Å². The molecule has 0 radical (unpaired) electrons. The minimum atomic E-state index is -0.387. The van der Waals surface area contributed by atoms with Crippen molar-refractivity contribution >= 4 is 5.97 Å². The van der Waals surface area contributed by atoms with Gasteiger partial charge in [0.25, 0.3) is 0 Å². The van der Waals surface area contributed by atoms with Crippen LogP contribution in [0.1, 0.15) is 126 Å². The normalized spacial score (nSPS) is 17.9. The van der Waals surface area contributed by atoms with Crippen molar-refractivity contribution in [2.24, 2.45) is 11.8 Å². The quantitative estimate of drug-likeness (QED) is 0.0986. The van der Waals surface area contributed by atoms with Crippen molar-refractivity contribution in [3.63, 3.8) is 0 Å². The second-order valence-corrected chi connectivity index (χ2v) is 11.5. The monoisotopic (exact) mass is 552 g/mol. The number of hydrogen-bond donors (Lipinski definition) is 0. The number of esters is 1. The second kappa shape index (κ2) is 18.9. The number of benzene rings is 2. The van der Waals surface area contributed by atoms with Crippen molar-refractivity contribution in [3.8, 4) is 11.5 Å². The number of rotatable bonds is 19. The molecule has 0 amide bonds. The first-order valence-corrected chi connectivity index (χ1v) is 15.9. The zero-order valence-electron chi connectivity index (χ0n) is 25.2. The highest BCUT2D eigenvalue weighted by Crippen LogP contribution is 2.29. The summed E-state index contributed by atoms with van der Waals surface area (Å²) in [6, 6.07) is 14.6. The molecular formula is C35H52O5. The van der Waals surface area contributed by atoms with E-state index in [4.69, 9.17) is 18.9 Å². The van der Waals surface area contributed by atoms with E-state index < -0.39 is 0 Å². The van der Waals surface area contributed by atoms with Crippen LogP contribution in [0.3, 0.4) is 0 Å². The predicted octanol–water partition coefficient (Wildman–Crippen LogP) is 9.69.